The SMILES string of the molecule is N[C@H](COc1cncc(C=Cc2ccncc2)c1)Cc1cccc2ccccc12. The van der Waals surface area contributed by atoms with Gasteiger partial charge in [0, 0.05) is 24.6 Å². The van der Waals surface area contributed by atoms with Gasteiger partial charge in [-0.25, -0.2) is 0 Å². The van der Waals surface area contributed by atoms with Crippen molar-refractivity contribution < 1.29 is 4.74 Å². The van der Waals surface area contributed by atoms with Crippen LogP contribution in [0.1, 0.15) is 16.7 Å². The number of nitrogens with two attached hydrogens (primary N) is 1. The molecule has 29 heavy (non-hydrogen) atoms. The van der Waals surface area contributed by atoms with Crippen molar-refractivity contribution in [1.29, 1.82) is 0 Å². The molecule has 2 N–H and O–H groups in total. The van der Waals surface area contributed by atoms with E-state index in [0.717, 1.165) is 23.3 Å². The van der Waals surface area contributed by atoms with E-state index in [1.54, 1.807) is 24.8 Å². The molecule has 0 aliphatic carbocycles. The zero-order valence-electron chi connectivity index (χ0n) is 16.1. The molecule has 4 heteroatoms. The summed E-state index contributed by atoms with van der Waals surface area (Å²) in [7, 11) is 0. The van der Waals surface area contributed by atoms with Crippen LogP contribution >= 0.6 is 0 Å². The third-order valence-corrected chi connectivity index (χ3v) is 4.73. The summed E-state index contributed by atoms with van der Waals surface area (Å²) in [6.07, 6.45) is 11.9. The molecule has 4 aromatic rings. The molecule has 0 bridgehead atoms. The van der Waals surface area contributed by atoms with Gasteiger partial charge >= 0.3 is 0 Å². The first kappa shape index (κ1) is 18.8. The Morgan fingerprint density at radius 1 is 0.862 bits per heavy atom. The van der Waals surface area contributed by atoms with E-state index in [9.17, 15) is 0 Å². The van der Waals surface area contributed by atoms with Gasteiger partial charge < -0.3 is 10.5 Å². The predicted molar refractivity (Wildman–Crippen MR) is 119 cm³/mol. The minimum atomic E-state index is -0.100. The third kappa shape index (κ3) is 5.06. The molecule has 0 fully saturated rings. The largest absolute Gasteiger partial charge is 0.490 e. The highest BCUT2D eigenvalue weighted by Gasteiger charge is 2.08. The lowest BCUT2D eigenvalue weighted by atomic mass is 9.99. The molecule has 1 atom stereocenters. The Morgan fingerprint density at radius 2 is 1.66 bits per heavy atom. The minimum absolute atomic E-state index is 0.100. The number of aromatic nitrogens is 2. The second-order valence-electron chi connectivity index (χ2n) is 6.98. The molecule has 0 aliphatic heterocycles. The molecular weight excluding hydrogens is 358 g/mol. The van der Waals surface area contributed by atoms with Gasteiger partial charge in [0.25, 0.3) is 0 Å². The van der Waals surface area contributed by atoms with Gasteiger partial charge in [0.05, 0.1) is 6.20 Å². The van der Waals surface area contributed by atoms with Crippen LogP contribution in [0.15, 0.2) is 85.5 Å². The minimum Gasteiger partial charge on any atom is -0.490 e. The van der Waals surface area contributed by atoms with E-state index in [2.05, 4.69) is 52.4 Å². The van der Waals surface area contributed by atoms with Gasteiger partial charge in [-0.15, -0.1) is 0 Å². The van der Waals surface area contributed by atoms with Crippen LogP contribution in [0.25, 0.3) is 22.9 Å². The summed E-state index contributed by atoms with van der Waals surface area (Å²) >= 11 is 0. The zero-order chi connectivity index (χ0) is 19.9. The monoisotopic (exact) mass is 381 g/mol. The van der Waals surface area contributed by atoms with Crippen LogP contribution in [0.5, 0.6) is 5.75 Å². The van der Waals surface area contributed by atoms with Gasteiger partial charge in [0.1, 0.15) is 12.4 Å². The van der Waals surface area contributed by atoms with Crippen LogP contribution in [0.2, 0.25) is 0 Å². The molecule has 0 radical (unpaired) electrons. The van der Waals surface area contributed by atoms with Crippen LogP contribution in [0.3, 0.4) is 0 Å². The van der Waals surface area contributed by atoms with Gasteiger partial charge in [-0.1, -0.05) is 54.6 Å². The maximum Gasteiger partial charge on any atom is 0.138 e. The molecule has 0 saturated carbocycles. The normalized spacial score (nSPS) is 12.3. The van der Waals surface area contributed by atoms with Crippen LogP contribution < -0.4 is 10.5 Å². The van der Waals surface area contributed by atoms with Gasteiger partial charge in [-0.2, -0.15) is 0 Å². The van der Waals surface area contributed by atoms with Gasteiger partial charge in [0.15, 0.2) is 0 Å². The molecule has 0 amide bonds. The van der Waals surface area contributed by atoms with Crippen LogP contribution in [-0.4, -0.2) is 22.6 Å². The van der Waals surface area contributed by atoms with E-state index >= 15 is 0 Å². The number of hydrogen-bond acceptors (Lipinski definition) is 4. The fourth-order valence-electron chi connectivity index (χ4n) is 3.29. The van der Waals surface area contributed by atoms with Crippen molar-refractivity contribution in [1.82, 2.24) is 9.97 Å². The van der Waals surface area contributed by atoms with Crippen molar-refractivity contribution in [2.75, 3.05) is 6.61 Å². The second kappa shape index (κ2) is 9.13. The Morgan fingerprint density at radius 3 is 2.55 bits per heavy atom. The van der Waals surface area contributed by atoms with Crippen LogP contribution in [0.4, 0.5) is 0 Å². The average Bonchev–Trinajstić information content (AvgIpc) is 2.78. The Kier molecular flexibility index (Phi) is 5.93. The average molecular weight is 381 g/mol. The smallest absolute Gasteiger partial charge is 0.138 e. The number of ether oxygens (including phenoxy) is 1. The maximum atomic E-state index is 6.35. The fourth-order valence-corrected chi connectivity index (χ4v) is 3.29. The van der Waals surface area contributed by atoms with E-state index in [0.29, 0.717) is 6.61 Å². The maximum absolute atomic E-state index is 6.35. The van der Waals surface area contributed by atoms with Crippen LogP contribution in [0, 0.1) is 0 Å². The van der Waals surface area contributed by atoms with E-state index in [1.165, 1.54) is 16.3 Å². The summed E-state index contributed by atoms with van der Waals surface area (Å²) in [6, 6.07) is 20.5. The number of hydrogen-bond donors (Lipinski definition) is 1. The van der Waals surface area contributed by atoms with Gasteiger partial charge in [0.2, 0.25) is 0 Å². The van der Waals surface area contributed by atoms with Crippen molar-refractivity contribution in [3.8, 4) is 5.75 Å². The Hall–Kier alpha value is -3.50. The Bertz CT molecular complexity index is 1100. The van der Waals surface area contributed by atoms with Crippen molar-refractivity contribution >= 4 is 22.9 Å². The Balaban J connectivity index is 1.38. The summed E-state index contributed by atoms with van der Waals surface area (Å²) in [6.45, 7) is 0.433. The quantitative estimate of drug-likeness (QED) is 0.502. The molecule has 0 saturated heterocycles. The third-order valence-electron chi connectivity index (χ3n) is 4.73. The van der Waals surface area contributed by atoms with Crippen molar-refractivity contribution in [3.63, 3.8) is 0 Å². The first-order valence-electron chi connectivity index (χ1n) is 9.66. The number of nitrogens with zero attached hydrogens (tertiary/aromatic N) is 2. The van der Waals surface area contributed by atoms with Crippen molar-refractivity contribution in [2.45, 2.75) is 12.5 Å². The van der Waals surface area contributed by atoms with E-state index in [4.69, 9.17) is 10.5 Å². The highest BCUT2D eigenvalue weighted by atomic mass is 16.5. The first-order chi connectivity index (χ1) is 14.3. The zero-order valence-corrected chi connectivity index (χ0v) is 16.1. The summed E-state index contributed by atoms with van der Waals surface area (Å²) in [5.41, 5.74) is 9.65. The fraction of sp³-hybridized carbons (Fsp3) is 0.120. The molecule has 2 aromatic carbocycles. The molecular formula is C25H23N3O. The lowest BCUT2D eigenvalue weighted by molar-refractivity contribution is 0.287. The van der Waals surface area contributed by atoms with Gasteiger partial charge in [-0.05, 0) is 52.1 Å². The van der Waals surface area contributed by atoms with Gasteiger partial charge in [-0.3, -0.25) is 9.97 Å². The lowest BCUT2D eigenvalue weighted by Crippen LogP contribution is -2.30. The summed E-state index contributed by atoms with van der Waals surface area (Å²) in [5.74, 6) is 0.718. The molecule has 2 aromatic heterocycles. The van der Waals surface area contributed by atoms with Crippen molar-refractivity contribution in [3.05, 3.63) is 102 Å². The molecule has 4 rings (SSSR count). The topological polar surface area (TPSA) is 61.0 Å². The first-order valence-corrected chi connectivity index (χ1v) is 9.66. The highest BCUT2D eigenvalue weighted by Crippen LogP contribution is 2.20. The van der Waals surface area contributed by atoms with E-state index in [1.807, 2.05) is 30.4 Å². The molecule has 4 nitrogen and oxygen atoms in total. The number of benzene rings is 2. The molecule has 144 valence electrons. The predicted octanol–water partition coefficient (Wildman–Crippen LogP) is 4.75. The van der Waals surface area contributed by atoms with Crippen LogP contribution in [-0.2, 0) is 6.42 Å². The van der Waals surface area contributed by atoms with E-state index < -0.39 is 0 Å². The highest BCUT2D eigenvalue weighted by molar-refractivity contribution is 5.85. The number of pyridine rings is 2. The summed E-state index contributed by atoms with van der Waals surface area (Å²) in [4.78, 5) is 8.29. The molecule has 0 spiro atoms. The number of rotatable bonds is 7. The second-order valence-corrected chi connectivity index (χ2v) is 6.98. The standard InChI is InChI=1S/C25H23N3O/c26-23(15-22-6-3-5-21-4-1-2-7-25(21)22)18-29-24-14-20(16-28-17-24)9-8-19-10-12-27-13-11-19/h1-14,16-17,23H,15,18,26H2/t23-/m0/s1. The number of fused-ring (bicyclic) bond motifs is 1. The molecule has 0 aliphatic rings. The Labute approximate surface area is 170 Å². The summed E-state index contributed by atoms with van der Waals surface area (Å²) < 4.78 is 5.91. The van der Waals surface area contributed by atoms with Crippen molar-refractivity contribution in [2.24, 2.45) is 5.73 Å². The molecule has 2 heterocycles. The lowest BCUT2D eigenvalue weighted by Gasteiger charge is -2.15. The molecule has 0 unspecified atom stereocenters. The summed E-state index contributed by atoms with van der Waals surface area (Å²) in [5, 5.41) is 2.48. The van der Waals surface area contributed by atoms with E-state index in [-0.39, 0.29) is 6.04 Å².